The molecule has 4 atom stereocenters. The maximum absolute atomic E-state index is 13.4. The zero-order chi connectivity index (χ0) is 31.7. The van der Waals surface area contributed by atoms with Crippen molar-refractivity contribution >= 4 is 35.6 Å². The molecule has 1 aromatic rings. The van der Waals surface area contributed by atoms with E-state index in [2.05, 4.69) is 25.9 Å². The smallest absolute Gasteiger partial charge is 0.326 e. The summed E-state index contributed by atoms with van der Waals surface area (Å²) in [5.74, 6) is -3.34. The summed E-state index contributed by atoms with van der Waals surface area (Å²) in [5.41, 5.74) is 28.5. The summed E-state index contributed by atoms with van der Waals surface area (Å²) in [6, 6.07) is 4.87. The Labute approximate surface area is 246 Å². The molecule has 1 rings (SSSR count). The van der Waals surface area contributed by atoms with E-state index in [4.69, 9.17) is 28.7 Å². The van der Waals surface area contributed by atoms with Crippen molar-refractivity contribution in [3.63, 3.8) is 0 Å². The van der Waals surface area contributed by atoms with Crippen molar-refractivity contribution in [1.29, 1.82) is 0 Å². The molecule has 3 amide bonds. The number of guanidine groups is 2. The van der Waals surface area contributed by atoms with Crippen LogP contribution in [-0.4, -0.2) is 78.0 Å². The van der Waals surface area contributed by atoms with Crippen molar-refractivity contribution in [2.75, 3.05) is 13.1 Å². The summed E-state index contributed by atoms with van der Waals surface area (Å²) in [5, 5.41) is 17.4. The van der Waals surface area contributed by atoms with Crippen molar-refractivity contribution in [1.82, 2.24) is 16.0 Å². The van der Waals surface area contributed by atoms with E-state index in [1.54, 1.807) is 0 Å². The molecule has 0 heterocycles. The van der Waals surface area contributed by atoms with Crippen molar-refractivity contribution in [2.45, 2.75) is 76.5 Å². The second-order valence-corrected chi connectivity index (χ2v) is 10.3. The topological polar surface area (TPSA) is 279 Å². The van der Waals surface area contributed by atoms with Gasteiger partial charge >= 0.3 is 5.97 Å². The van der Waals surface area contributed by atoms with Gasteiger partial charge in [-0.05, 0) is 50.0 Å². The molecule has 0 aliphatic carbocycles. The van der Waals surface area contributed by atoms with Crippen molar-refractivity contribution in [2.24, 2.45) is 44.6 Å². The molecule has 0 radical (unpaired) electrons. The van der Waals surface area contributed by atoms with Gasteiger partial charge in [-0.1, -0.05) is 44.2 Å². The standard InChI is InChI=1S/C27H46N10O5/c1-16(2)14-21(25(41)42)37-24(40)20(11-7-13-34-27(31)32)36-23(39)19(10-6-12-33-26(29)30)35-22(38)18(28)15-17-8-4-3-5-9-17/h3-5,8-9,16,18-21H,6-7,10-15,28H2,1-2H3,(H,35,38)(H,36,39)(H,37,40)(H,41,42)(H4,29,30,33)(H4,31,32,34). The van der Waals surface area contributed by atoms with Crippen LogP contribution in [0.25, 0.3) is 0 Å². The first-order valence-electron chi connectivity index (χ1n) is 13.8. The van der Waals surface area contributed by atoms with Gasteiger partial charge in [0.2, 0.25) is 17.7 Å². The number of rotatable bonds is 19. The Balaban J connectivity index is 3.09. The molecule has 0 aliphatic rings. The number of amides is 3. The molecule has 0 saturated heterocycles. The lowest BCUT2D eigenvalue weighted by Gasteiger charge is -2.25. The summed E-state index contributed by atoms with van der Waals surface area (Å²) < 4.78 is 0. The maximum atomic E-state index is 13.4. The van der Waals surface area contributed by atoms with Gasteiger partial charge < -0.3 is 49.7 Å². The number of carbonyl (C=O) groups excluding carboxylic acids is 3. The third-order valence-electron chi connectivity index (χ3n) is 6.11. The fraction of sp³-hybridized carbons (Fsp3) is 0.556. The van der Waals surface area contributed by atoms with Crippen LogP contribution in [-0.2, 0) is 25.6 Å². The van der Waals surface area contributed by atoms with Gasteiger partial charge in [-0.2, -0.15) is 0 Å². The lowest BCUT2D eigenvalue weighted by Crippen LogP contribution is -2.57. The molecule has 0 bridgehead atoms. The zero-order valence-electron chi connectivity index (χ0n) is 24.3. The van der Waals surface area contributed by atoms with Crippen molar-refractivity contribution < 1.29 is 24.3 Å². The van der Waals surface area contributed by atoms with Gasteiger partial charge in [-0.3, -0.25) is 24.4 Å². The van der Waals surface area contributed by atoms with Crippen LogP contribution in [0.4, 0.5) is 0 Å². The molecule has 234 valence electrons. The second kappa shape index (κ2) is 18.9. The first-order valence-corrected chi connectivity index (χ1v) is 13.8. The van der Waals surface area contributed by atoms with E-state index in [0.29, 0.717) is 12.8 Å². The van der Waals surface area contributed by atoms with Gasteiger partial charge in [0.15, 0.2) is 11.9 Å². The number of nitrogens with one attached hydrogen (secondary N) is 3. The number of aliphatic carboxylic acids is 1. The fourth-order valence-electron chi connectivity index (χ4n) is 4.02. The Morgan fingerprint density at radius 2 is 1.21 bits per heavy atom. The minimum atomic E-state index is -1.19. The summed E-state index contributed by atoms with van der Waals surface area (Å²) >= 11 is 0. The minimum absolute atomic E-state index is 0.00814. The Kier molecular flexibility index (Phi) is 16.0. The molecule has 42 heavy (non-hydrogen) atoms. The van der Waals surface area contributed by atoms with Gasteiger partial charge in [0.25, 0.3) is 0 Å². The number of aliphatic imine (C=N–C) groups is 2. The SMILES string of the molecule is CC(C)CC(NC(=O)C(CCCN=C(N)N)NC(=O)C(CCCN=C(N)N)NC(=O)C(N)Cc1ccccc1)C(=O)O. The summed E-state index contributed by atoms with van der Waals surface area (Å²) in [6.07, 6.45) is 1.32. The van der Waals surface area contributed by atoms with Gasteiger partial charge in [-0.25, -0.2) is 4.79 Å². The average molecular weight is 591 g/mol. The highest BCUT2D eigenvalue weighted by Crippen LogP contribution is 2.09. The number of hydrogen-bond donors (Lipinski definition) is 9. The maximum Gasteiger partial charge on any atom is 0.326 e. The number of nitrogens with zero attached hydrogens (tertiary/aromatic N) is 2. The van der Waals surface area contributed by atoms with E-state index < -0.39 is 47.9 Å². The van der Waals surface area contributed by atoms with Crippen molar-refractivity contribution in [3.05, 3.63) is 35.9 Å². The van der Waals surface area contributed by atoms with Crippen LogP contribution in [0.2, 0.25) is 0 Å². The number of benzene rings is 1. The Morgan fingerprint density at radius 3 is 1.64 bits per heavy atom. The summed E-state index contributed by atoms with van der Waals surface area (Å²) in [6.45, 7) is 4.04. The number of carboxylic acid groups (broad SMARTS) is 1. The molecule has 0 saturated carbocycles. The highest BCUT2D eigenvalue weighted by atomic mass is 16.4. The molecule has 14 N–H and O–H groups in total. The van der Waals surface area contributed by atoms with Gasteiger partial charge in [0.05, 0.1) is 6.04 Å². The average Bonchev–Trinajstić information content (AvgIpc) is 2.91. The zero-order valence-corrected chi connectivity index (χ0v) is 24.3. The largest absolute Gasteiger partial charge is 0.480 e. The van der Waals surface area contributed by atoms with E-state index in [9.17, 15) is 24.3 Å². The Morgan fingerprint density at radius 1 is 0.762 bits per heavy atom. The van der Waals surface area contributed by atoms with Gasteiger partial charge in [0, 0.05) is 13.1 Å². The van der Waals surface area contributed by atoms with Crippen LogP contribution >= 0.6 is 0 Å². The molecule has 0 spiro atoms. The number of carbonyl (C=O) groups is 4. The van der Waals surface area contributed by atoms with Crippen LogP contribution in [0.3, 0.4) is 0 Å². The third-order valence-corrected chi connectivity index (χ3v) is 6.11. The number of carboxylic acids is 1. The third kappa shape index (κ3) is 14.8. The minimum Gasteiger partial charge on any atom is -0.480 e. The first kappa shape index (κ1) is 35.6. The fourth-order valence-corrected chi connectivity index (χ4v) is 4.02. The van der Waals surface area contributed by atoms with Crippen LogP contribution in [0.5, 0.6) is 0 Å². The molecule has 15 nitrogen and oxygen atoms in total. The Hall–Kier alpha value is -4.40. The van der Waals surface area contributed by atoms with E-state index in [-0.39, 0.29) is 56.6 Å². The van der Waals surface area contributed by atoms with E-state index in [1.807, 2.05) is 44.2 Å². The second-order valence-electron chi connectivity index (χ2n) is 10.3. The molecule has 0 aliphatic heterocycles. The normalized spacial score (nSPS) is 13.6. The quantitative estimate of drug-likeness (QED) is 0.0497. The van der Waals surface area contributed by atoms with Crippen LogP contribution in [0, 0.1) is 5.92 Å². The van der Waals surface area contributed by atoms with Crippen LogP contribution < -0.4 is 44.6 Å². The lowest BCUT2D eigenvalue weighted by atomic mass is 10.0. The molecule has 0 fully saturated rings. The van der Waals surface area contributed by atoms with E-state index in [1.165, 1.54) is 0 Å². The van der Waals surface area contributed by atoms with Gasteiger partial charge in [-0.15, -0.1) is 0 Å². The monoisotopic (exact) mass is 590 g/mol. The molecule has 0 aromatic heterocycles. The predicted molar refractivity (Wildman–Crippen MR) is 161 cm³/mol. The van der Waals surface area contributed by atoms with Crippen LogP contribution in [0.15, 0.2) is 40.3 Å². The molecular weight excluding hydrogens is 544 g/mol. The highest BCUT2D eigenvalue weighted by Gasteiger charge is 2.30. The summed E-state index contributed by atoms with van der Waals surface area (Å²) in [4.78, 5) is 59.1. The first-order chi connectivity index (χ1) is 19.8. The van der Waals surface area contributed by atoms with Gasteiger partial charge in [0.1, 0.15) is 18.1 Å². The molecule has 15 heteroatoms. The van der Waals surface area contributed by atoms with E-state index >= 15 is 0 Å². The lowest BCUT2D eigenvalue weighted by molar-refractivity contribution is -0.142. The Bertz CT molecular complexity index is 1070. The molecule has 1 aromatic carbocycles. The molecular formula is C27H46N10O5. The predicted octanol–water partition coefficient (Wildman–Crippen LogP) is -1.75. The van der Waals surface area contributed by atoms with Crippen molar-refractivity contribution in [3.8, 4) is 0 Å². The number of nitrogens with two attached hydrogens (primary N) is 5. The van der Waals surface area contributed by atoms with Crippen LogP contribution in [0.1, 0.15) is 51.5 Å². The summed E-state index contributed by atoms with van der Waals surface area (Å²) in [7, 11) is 0. The number of hydrogen-bond acceptors (Lipinski definition) is 7. The highest BCUT2D eigenvalue weighted by molar-refractivity contribution is 5.94. The van der Waals surface area contributed by atoms with E-state index in [0.717, 1.165) is 5.56 Å². The molecule has 4 unspecified atom stereocenters.